The summed E-state index contributed by atoms with van der Waals surface area (Å²) in [5.74, 6) is -0.169. The summed E-state index contributed by atoms with van der Waals surface area (Å²) in [6.45, 7) is 5.41. The second kappa shape index (κ2) is 5.01. The van der Waals surface area contributed by atoms with Crippen LogP contribution in [0.1, 0.15) is 5.69 Å². The Morgan fingerprint density at radius 2 is 2.00 bits per heavy atom. The smallest absolute Gasteiger partial charge is 0.146 e. The lowest BCUT2D eigenvalue weighted by Crippen LogP contribution is -2.43. The van der Waals surface area contributed by atoms with Gasteiger partial charge in [0.2, 0.25) is 0 Å². The Balaban J connectivity index is 1.95. The molecule has 0 spiro atoms. The average Bonchev–Trinajstić information content (AvgIpc) is 2.87. The number of nitrogens with zero attached hydrogens (tertiary/aromatic N) is 2. The molecule has 2 N–H and O–H groups in total. The van der Waals surface area contributed by atoms with Gasteiger partial charge in [-0.3, -0.25) is 5.10 Å². The third kappa shape index (κ3) is 2.46. The topological polar surface area (TPSA) is 44.0 Å². The van der Waals surface area contributed by atoms with Gasteiger partial charge < -0.3 is 10.2 Å². The van der Waals surface area contributed by atoms with Gasteiger partial charge in [-0.1, -0.05) is 0 Å². The Bertz CT molecular complexity index is 573. The second-order valence-corrected chi connectivity index (χ2v) is 4.84. The Kier molecular flexibility index (Phi) is 3.21. The van der Waals surface area contributed by atoms with Crippen LogP contribution in [0.3, 0.4) is 0 Å². The zero-order valence-corrected chi connectivity index (χ0v) is 10.9. The molecule has 0 atom stereocenters. The highest BCUT2D eigenvalue weighted by molar-refractivity contribution is 5.66. The van der Waals surface area contributed by atoms with Crippen LogP contribution in [0.4, 0.5) is 10.1 Å². The lowest BCUT2D eigenvalue weighted by molar-refractivity contribution is 0.566. The van der Waals surface area contributed by atoms with Crippen molar-refractivity contribution in [3.8, 4) is 11.3 Å². The summed E-state index contributed by atoms with van der Waals surface area (Å²) in [4.78, 5) is 2.08. The van der Waals surface area contributed by atoms with Gasteiger partial charge in [-0.2, -0.15) is 5.10 Å². The summed E-state index contributed by atoms with van der Waals surface area (Å²) in [5, 5.41) is 10.4. The van der Waals surface area contributed by atoms with Crippen LogP contribution in [0.2, 0.25) is 0 Å². The number of rotatable bonds is 2. The van der Waals surface area contributed by atoms with Crippen molar-refractivity contribution in [3.05, 3.63) is 35.8 Å². The number of nitrogens with one attached hydrogen (secondary N) is 2. The molecule has 4 nitrogen and oxygen atoms in total. The number of anilines is 1. The first-order chi connectivity index (χ1) is 9.24. The van der Waals surface area contributed by atoms with E-state index in [2.05, 4.69) is 20.4 Å². The summed E-state index contributed by atoms with van der Waals surface area (Å²) in [5.41, 5.74) is 3.47. The SMILES string of the molecule is Cc1cc(-c2ccc(F)c(N3CCNCC3)c2)n[nH]1. The monoisotopic (exact) mass is 260 g/mol. The van der Waals surface area contributed by atoms with Crippen LogP contribution in [-0.4, -0.2) is 36.4 Å². The zero-order valence-electron chi connectivity index (χ0n) is 10.9. The first kappa shape index (κ1) is 12.2. The summed E-state index contributed by atoms with van der Waals surface area (Å²) >= 11 is 0. The zero-order chi connectivity index (χ0) is 13.2. The van der Waals surface area contributed by atoms with Crippen molar-refractivity contribution in [2.24, 2.45) is 0 Å². The number of aryl methyl sites for hydroxylation is 1. The maximum atomic E-state index is 14.0. The van der Waals surface area contributed by atoms with Gasteiger partial charge in [0.05, 0.1) is 11.4 Å². The predicted octanol–water partition coefficient (Wildman–Crippen LogP) is 1.93. The molecule has 100 valence electrons. The number of halogens is 1. The van der Waals surface area contributed by atoms with Gasteiger partial charge in [0.25, 0.3) is 0 Å². The Morgan fingerprint density at radius 1 is 1.21 bits per heavy atom. The van der Waals surface area contributed by atoms with Crippen LogP contribution >= 0.6 is 0 Å². The summed E-state index contributed by atoms with van der Waals surface area (Å²) in [6, 6.07) is 7.15. The van der Waals surface area contributed by atoms with Gasteiger partial charge in [-0.15, -0.1) is 0 Å². The van der Waals surface area contributed by atoms with Crippen LogP contribution in [0.25, 0.3) is 11.3 Å². The normalized spacial score (nSPS) is 15.8. The van der Waals surface area contributed by atoms with E-state index in [4.69, 9.17) is 0 Å². The molecule has 1 aliphatic rings. The summed E-state index contributed by atoms with van der Waals surface area (Å²) < 4.78 is 14.0. The maximum absolute atomic E-state index is 14.0. The van der Waals surface area contributed by atoms with Crippen molar-refractivity contribution in [2.75, 3.05) is 31.1 Å². The van der Waals surface area contributed by atoms with E-state index in [9.17, 15) is 4.39 Å². The first-order valence-electron chi connectivity index (χ1n) is 6.51. The van der Waals surface area contributed by atoms with Gasteiger partial charge >= 0.3 is 0 Å². The number of H-pyrrole nitrogens is 1. The Hall–Kier alpha value is -1.88. The number of piperazine rings is 1. The van der Waals surface area contributed by atoms with Gasteiger partial charge in [0.15, 0.2) is 0 Å². The molecule has 0 bridgehead atoms. The summed E-state index contributed by atoms with van der Waals surface area (Å²) in [6.07, 6.45) is 0. The van der Waals surface area contributed by atoms with Crippen LogP contribution in [0.15, 0.2) is 24.3 Å². The number of aromatic nitrogens is 2. The molecule has 3 rings (SSSR count). The van der Waals surface area contributed by atoms with Crippen LogP contribution < -0.4 is 10.2 Å². The fraction of sp³-hybridized carbons (Fsp3) is 0.357. The first-order valence-corrected chi connectivity index (χ1v) is 6.51. The van der Waals surface area contributed by atoms with Gasteiger partial charge in [-0.05, 0) is 31.2 Å². The van der Waals surface area contributed by atoms with E-state index in [1.807, 2.05) is 19.1 Å². The molecular weight excluding hydrogens is 243 g/mol. The molecule has 0 aliphatic carbocycles. The second-order valence-electron chi connectivity index (χ2n) is 4.84. The standard InChI is InChI=1S/C14H17FN4/c1-10-8-13(18-17-10)11-2-3-12(15)14(9-11)19-6-4-16-5-7-19/h2-3,8-9,16H,4-7H2,1H3,(H,17,18). The number of aromatic amines is 1. The predicted molar refractivity (Wildman–Crippen MR) is 73.8 cm³/mol. The molecular formula is C14H17FN4. The van der Waals surface area contributed by atoms with E-state index < -0.39 is 0 Å². The molecule has 0 amide bonds. The van der Waals surface area contributed by atoms with Gasteiger partial charge in [0.1, 0.15) is 5.82 Å². The van der Waals surface area contributed by atoms with E-state index in [1.54, 1.807) is 6.07 Å². The maximum Gasteiger partial charge on any atom is 0.146 e. The molecule has 0 saturated carbocycles. The van der Waals surface area contributed by atoms with Crippen LogP contribution in [0.5, 0.6) is 0 Å². The fourth-order valence-electron chi connectivity index (χ4n) is 2.39. The van der Waals surface area contributed by atoms with Crippen molar-refractivity contribution in [1.29, 1.82) is 0 Å². The highest BCUT2D eigenvalue weighted by Crippen LogP contribution is 2.27. The number of benzene rings is 1. The van der Waals surface area contributed by atoms with Crippen molar-refractivity contribution in [2.45, 2.75) is 6.92 Å². The molecule has 0 unspecified atom stereocenters. The number of hydrogen-bond donors (Lipinski definition) is 2. The molecule has 1 saturated heterocycles. The minimum Gasteiger partial charge on any atom is -0.367 e. The molecule has 1 fully saturated rings. The molecule has 19 heavy (non-hydrogen) atoms. The lowest BCUT2D eigenvalue weighted by atomic mass is 10.1. The van der Waals surface area contributed by atoms with Gasteiger partial charge in [-0.25, -0.2) is 4.39 Å². The third-order valence-corrected chi connectivity index (χ3v) is 3.41. The van der Waals surface area contributed by atoms with E-state index in [-0.39, 0.29) is 5.82 Å². The highest BCUT2D eigenvalue weighted by atomic mass is 19.1. The van der Waals surface area contributed by atoms with Crippen LogP contribution in [-0.2, 0) is 0 Å². The molecule has 2 aromatic rings. The van der Waals surface area contributed by atoms with Crippen molar-refractivity contribution in [1.82, 2.24) is 15.5 Å². The molecule has 1 aromatic heterocycles. The molecule has 5 heteroatoms. The van der Waals surface area contributed by atoms with E-state index in [1.165, 1.54) is 6.07 Å². The molecule has 1 aromatic carbocycles. The van der Waals surface area contributed by atoms with Gasteiger partial charge in [0, 0.05) is 37.4 Å². The minimum atomic E-state index is -0.169. The molecule has 2 heterocycles. The average molecular weight is 260 g/mol. The van der Waals surface area contributed by atoms with Crippen molar-refractivity contribution >= 4 is 5.69 Å². The summed E-state index contributed by atoms with van der Waals surface area (Å²) in [7, 11) is 0. The third-order valence-electron chi connectivity index (χ3n) is 3.41. The van der Waals surface area contributed by atoms with E-state index in [0.717, 1.165) is 43.1 Å². The Morgan fingerprint density at radius 3 is 2.68 bits per heavy atom. The largest absolute Gasteiger partial charge is 0.367 e. The van der Waals surface area contributed by atoms with Crippen molar-refractivity contribution in [3.63, 3.8) is 0 Å². The fourth-order valence-corrected chi connectivity index (χ4v) is 2.39. The molecule has 1 aliphatic heterocycles. The minimum absolute atomic E-state index is 0.169. The molecule has 0 radical (unpaired) electrons. The lowest BCUT2D eigenvalue weighted by Gasteiger charge is -2.29. The highest BCUT2D eigenvalue weighted by Gasteiger charge is 2.15. The van der Waals surface area contributed by atoms with Crippen molar-refractivity contribution < 1.29 is 4.39 Å². The quantitative estimate of drug-likeness (QED) is 0.867. The number of hydrogen-bond acceptors (Lipinski definition) is 3. The van der Waals surface area contributed by atoms with E-state index >= 15 is 0 Å². The van der Waals surface area contributed by atoms with E-state index in [0.29, 0.717) is 5.69 Å². The Labute approximate surface area is 111 Å². The van der Waals surface area contributed by atoms with Crippen LogP contribution in [0, 0.1) is 12.7 Å².